The van der Waals surface area contributed by atoms with E-state index in [1.807, 2.05) is 55.8 Å². The Morgan fingerprint density at radius 2 is 1.69 bits per heavy atom. The fourth-order valence-corrected chi connectivity index (χ4v) is 4.26. The predicted octanol–water partition coefficient (Wildman–Crippen LogP) is 3.63. The Hall–Kier alpha value is -3.23. The van der Waals surface area contributed by atoms with Gasteiger partial charge in [-0.2, -0.15) is 5.10 Å². The molecule has 32 heavy (non-hydrogen) atoms. The molecule has 1 heterocycles. The Bertz CT molecular complexity index is 1230. The molecular weight excluding hydrogens is 424 g/mol. The second kappa shape index (κ2) is 9.50. The number of amides is 1. The summed E-state index contributed by atoms with van der Waals surface area (Å²) in [6, 6.07) is 16.1. The van der Waals surface area contributed by atoms with Crippen molar-refractivity contribution in [3.8, 4) is 5.69 Å². The van der Waals surface area contributed by atoms with E-state index in [0.717, 1.165) is 28.2 Å². The molecule has 0 saturated heterocycles. The highest BCUT2D eigenvalue weighted by atomic mass is 32.2. The average Bonchev–Trinajstić information content (AvgIpc) is 3.06. The number of sulfonamides is 1. The normalized spacial score (nSPS) is 12.9. The number of aromatic nitrogens is 2. The molecule has 0 spiro atoms. The monoisotopic (exact) mass is 452 g/mol. The van der Waals surface area contributed by atoms with Crippen molar-refractivity contribution in [2.75, 3.05) is 14.1 Å². The lowest BCUT2D eigenvalue weighted by Crippen LogP contribution is -2.25. The van der Waals surface area contributed by atoms with Gasteiger partial charge in [-0.15, -0.1) is 0 Å². The molecule has 0 aliphatic carbocycles. The smallest absolute Gasteiger partial charge is 0.244 e. The number of hydrogen-bond acceptors (Lipinski definition) is 4. The second-order valence-electron chi connectivity index (χ2n) is 7.75. The average molecular weight is 453 g/mol. The third-order valence-corrected chi connectivity index (χ3v) is 7.10. The van der Waals surface area contributed by atoms with Crippen LogP contribution in [0.3, 0.4) is 0 Å². The molecule has 0 aliphatic rings. The van der Waals surface area contributed by atoms with E-state index in [1.54, 1.807) is 30.3 Å². The molecule has 0 radical (unpaired) electrons. The Morgan fingerprint density at radius 3 is 2.28 bits per heavy atom. The summed E-state index contributed by atoms with van der Waals surface area (Å²) < 4.78 is 27.4. The summed E-state index contributed by atoms with van der Waals surface area (Å²) in [6.07, 6.45) is 3.26. The Balaban J connectivity index is 1.70. The SMILES string of the molecule is Cc1nn(-c2ccccc2)c(C)c1/C=C/C(=O)NC(C)c1ccc(S(=O)(=O)N(C)C)cc1. The van der Waals surface area contributed by atoms with Crippen molar-refractivity contribution in [3.63, 3.8) is 0 Å². The lowest BCUT2D eigenvalue weighted by Gasteiger charge is -2.15. The first kappa shape index (κ1) is 23.4. The summed E-state index contributed by atoms with van der Waals surface area (Å²) in [5.41, 5.74) is 4.46. The van der Waals surface area contributed by atoms with Crippen LogP contribution >= 0.6 is 0 Å². The fraction of sp³-hybridized carbons (Fsp3) is 0.250. The van der Waals surface area contributed by atoms with Gasteiger partial charge in [0.05, 0.1) is 22.3 Å². The zero-order valence-corrected chi connectivity index (χ0v) is 19.7. The molecule has 8 heteroatoms. The highest BCUT2D eigenvalue weighted by molar-refractivity contribution is 7.89. The highest BCUT2D eigenvalue weighted by Crippen LogP contribution is 2.20. The van der Waals surface area contributed by atoms with Crippen LogP contribution in [0.1, 0.15) is 35.5 Å². The summed E-state index contributed by atoms with van der Waals surface area (Å²) in [4.78, 5) is 12.7. The van der Waals surface area contributed by atoms with E-state index in [2.05, 4.69) is 10.4 Å². The maximum atomic E-state index is 12.5. The van der Waals surface area contributed by atoms with Crippen LogP contribution in [0, 0.1) is 13.8 Å². The van der Waals surface area contributed by atoms with Gasteiger partial charge in [0.2, 0.25) is 15.9 Å². The maximum Gasteiger partial charge on any atom is 0.244 e. The van der Waals surface area contributed by atoms with Gasteiger partial charge in [-0.1, -0.05) is 30.3 Å². The van der Waals surface area contributed by atoms with Gasteiger partial charge in [-0.3, -0.25) is 4.79 Å². The molecule has 1 unspecified atom stereocenters. The van der Waals surface area contributed by atoms with Crippen LogP contribution in [0.15, 0.2) is 65.6 Å². The van der Waals surface area contributed by atoms with E-state index in [1.165, 1.54) is 24.5 Å². The second-order valence-corrected chi connectivity index (χ2v) is 9.90. The molecule has 168 valence electrons. The van der Waals surface area contributed by atoms with Gasteiger partial charge in [-0.05, 0) is 56.7 Å². The third-order valence-electron chi connectivity index (χ3n) is 5.27. The van der Waals surface area contributed by atoms with Crippen LogP contribution in [-0.4, -0.2) is 42.5 Å². The van der Waals surface area contributed by atoms with Crippen molar-refractivity contribution in [2.45, 2.75) is 31.7 Å². The first-order chi connectivity index (χ1) is 15.1. The van der Waals surface area contributed by atoms with Crippen molar-refractivity contribution in [3.05, 3.63) is 83.2 Å². The fourth-order valence-electron chi connectivity index (χ4n) is 3.36. The van der Waals surface area contributed by atoms with E-state index in [0.29, 0.717) is 0 Å². The first-order valence-corrected chi connectivity index (χ1v) is 11.7. The molecule has 0 fully saturated rings. The standard InChI is InChI=1S/C24H28N4O3S/c1-17(20-11-13-22(14-12-20)32(30,31)27(4)5)25-24(29)16-15-23-18(2)26-28(19(23)3)21-9-7-6-8-10-21/h6-17H,1-5H3,(H,25,29)/b16-15+. The summed E-state index contributed by atoms with van der Waals surface area (Å²) in [5, 5.41) is 7.50. The summed E-state index contributed by atoms with van der Waals surface area (Å²) in [5.74, 6) is -0.242. The quantitative estimate of drug-likeness (QED) is 0.555. The van der Waals surface area contributed by atoms with E-state index in [4.69, 9.17) is 0 Å². The topological polar surface area (TPSA) is 84.3 Å². The Kier molecular flexibility index (Phi) is 6.96. The van der Waals surface area contributed by atoms with Crippen LogP contribution in [0.4, 0.5) is 0 Å². The third kappa shape index (κ3) is 4.98. The van der Waals surface area contributed by atoms with Gasteiger partial charge in [0, 0.05) is 31.4 Å². The summed E-state index contributed by atoms with van der Waals surface area (Å²) in [7, 11) is -0.498. The van der Waals surface area contributed by atoms with Crippen LogP contribution in [0.25, 0.3) is 11.8 Å². The molecule has 1 amide bonds. The molecule has 1 aromatic heterocycles. The molecule has 1 atom stereocenters. The summed E-state index contributed by atoms with van der Waals surface area (Å²) in [6.45, 7) is 5.73. The minimum absolute atomic E-state index is 0.214. The number of para-hydroxylation sites is 1. The van der Waals surface area contributed by atoms with Gasteiger partial charge in [0.1, 0.15) is 0 Å². The van der Waals surface area contributed by atoms with Crippen molar-refractivity contribution >= 4 is 22.0 Å². The molecule has 0 aliphatic heterocycles. The molecule has 1 N–H and O–H groups in total. The Labute approximate surface area is 189 Å². The van der Waals surface area contributed by atoms with Crippen molar-refractivity contribution in [1.29, 1.82) is 0 Å². The minimum atomic E-state index is -3.48. The van der Waals surface area contributed by atoms with Crippen LogP contribution in [-0.2, 0) is 14.8 Å². The van der Waals surface area contributed by atoms with Gasteiger partial charge in [0.25, 0.3) is 0 Å². The van der Waals surface area contributed by atoms with Crippen LogP contribution < -0.4 is 5.32 Å². The van der Waals surface area contributed by atoms with Crippen molar-refractivity contribution in [1.82, 2.24) is 19.4 Å². The first-order valence-electron chi connectivity index (χ1n) is 10.2. The van der Waals surface area contributed by atoms with E-state index < -0.39 is 10.0 Å². The number of carbonyl (C=O) groups excluding carboxylic acids is 1. The lowest BCUT2D eigenvalue weighted by atomic mass is 10.1. The molecule has 3 aromatic rings. The zero-order valence-electron chi connectivity index (χ0n) is 18.9. The predicted molar refractivity (Wildman–Crippen MR) is 126 cm³/mol. The highest BCUT2D eigenvalue weighted by Gasteiger charge is 2.17. The number of nitrogens with one attached hydrogen (secondary N) is 1. The molecule has 2 aromatic carbocycles. The number of benzene rings is 2. The van der Waals surface area contributed by atoms with Crippen LogP contribution in [0.5, 0.6) is 0 Å². The van der Waals surface area contributed by atoms with Crippen LogP contribution in [0.2, 0.25) is 0 Å². The molecule has 7 nitrogen and oxygen atoms in total. The van der Waals surface area contributed by atoms with E-state index in [-0.39, 0.29) is 16.8 Å². The zero-order chi connectivity index (χ0) is 23.5. The van der Waals surface area contributed by atoms with Gasteiger partial charge >= 0.3 is 0 Å². The Morgan fingerprint density at radius 1 is 1.06 bits per heavy atom. The summed E-state index contributed by atoms with van der Waals surface area (Å²) >= 11 is 0. The van der Waals surface area contributed by atoms with Gasteiger partial charge in [0.15, 0.2) is 0 Å². The van der Waals surface area contributed by atoms with E-state index >= 15 is 0 Å². The van der Waals surface area contributed by atoms with E-state index in [9.17, 15) is 13.2 Å². The van der Waals surface area contributed by atoms with Crippen molar-refractivity contribution < 1.29 is 13.2 Å². The lowest BCUT2D eigenvalue weighted by molar-refractivity contribution is -0.117. The van der Waals surface area contributed by atoms with Gasteiger partial charge < -0.3 is 5.32 Å². The minimum Gasteiger partial charge on any atom is -0.346 e. The number of nitrogens with zero attached hydrogens (tertiary/aromatic N) is 3. The molecule has 0 saturated carbocycles. The molecule has 0 bridgehead atoms. The molecule has 3 rings (SSSR count). The number of hydrogen-bond donors (Lipinski definition) is 1. The largest absolute Gasteiger partial charge is 0.346 e. The maximum absolute atomic E-state index is 12.5. The van der Waals surface area contributed by atoms with Gasteiger partial charge in [-0.25, -0.2) is 17.4 Å². The van der Waals surface area contributed by atoms with Crippen molar-refractivity contribution in [2.24, 2.45) is 0 Å². The number of aryl methyl sites for hydroxylation is 1. The number of rotatable bonds is 7. The number of carbonyl (C=O) groups is 1. The molecular formula is C24H28N4O3S.